The van der Waals surface area contributed by atoms with Crippen LogP contribution in [0.5, 0.6) is 0 Å². The fourth-order valence-corrected chi connectivity index (χ4v) is 14.1. The van der Waals surface area contributed by atoms with E-state index < -0.39 is 71.0 Å². The zero-order valence-electron chi connectivity index (χ0n) is 65.4. The maximum atomic E-state index is 13.8. The first-order valence-electron chi connectivity index (χ1n) is 37.1. The van der Waals surface area contributed by atoms with E-state index >= 15 is 0 Å². The van der Waals surface area contributed by atoms with Crippen LogP contribution in [-0.2, 0) is 63.9 Å². The molecule has 0 amide bonds. The second-order valence-electron chi connectivity index (χ2n) is 27.7. The van der Waals surface area contributed by atoms with Crippen molar-refractivity contribution in [1.82, 2.24) is 0 Å². The van der Waals surface area contributed by atoms with Crippen molar-refractivity contribution >= 4 is 64.5 Å². The van der Waals surface area contributed by atoms with Crippen LogP contribution in [0.3, 0.4) is 0 Å². The molecule has 0 aliphatic carbocycles. The van der Waals surface area contributed by atoms with Gasteiger partial charge in [-0.3, -0.25) is 0 Å². The number of carboxylic acids is 6. The molecular formula is C88H90ClF10N3O16. The zero-order chi connectivity index (χ0) is 86.9. The minimum Gasteiger partial charge on any atom is -0.478 e. The Kier molecular flexibility index (Phi) is 34.3. The van der Waals surface area contributed by atoms with Gasteiger partial charge >= 0.3 is 54.3 Å². The molecule has 0 spiro atoms. The molecule has 3 saturated heterocycles. The number of carboxylic acid groups (broad SMARTS) is 6. The summed E-state index contributed by atoms with van der Waals surface area (Å²) in [5, 5.41) is 54.4. The molecule has 3 atom stereocenters. The largest absolute Gasteiger partial charge is 0.478 e. The van der Waals surface area contributed by atoms with E-state index in [2.05, 4.69) is 11.8 Å². The van der Waals surface area contributed by atoms with Gasteiger partial charge in [0.15, 0.2) is 0 Å². The van der Waals surface area contributed by atoms with Crippen molar-refractivity contribution in [3.8, 4) is 33.4 Å². The summed E-state index contributed by atoms with van der Waals surface area (Å²) in [6.07, 6.45) is -5.83. The van der Waals surface area contributed by atoms with Crippen LogP contribution in [0.25, 0.3) is 33.4 Å². The van der Waals surface area contributed by atoms with Gasteiger partial charge < -0.3 is 64.3 Å². The quantitative estimate of drug-likeness (QED) is 0.0387. The van der Waals surface area contributed by atoms with Crippen LogP contribution in [0.4, 0.5) is 61.0 Å². The number of ether oxygens (including phenoxy) is 4. The molecule has 19 nitrogen and oxygen atoms in total. The number of rotatable bonds is 20. The summed E-state index contributed by atoms with van der Waals surface area (Å²) < 4.78 is 152. The molecule has 1 unspecified atom stereocenters. The van der Waals surface area contributed by atoms with Crippen LogP contribution in [0.1, 0.15) is 173 Å². The van der Waals surface area contributed by atoms with Crippen LogP contribution < -0.4 is 14.7 Å². The van der Waals surface area contributed by atoms with Gasteiger partial charge in [-0.15, -0.1) is 0 Å². The highest BCUT2D eigenvalue weighted by molar-refractivity contribution is 6.33. The summed E-state index contributed by atoms with van der Waals surface area (Å²) in [5.41, 5.74) is 4.71. The second kappa shape index (κ2) is 43.2. The highest BCUT2D eigenvalue weighted by Crippen LogP contribution is 2.43. The van der Waals surface area contributed by atoms with E-state index in [1.54, 1.807) is 84.7 Å². The summed E-state index contributed by atoms with van der Waals surface area (Å²) in [4.78, 5) is 71.4. The van der Waals surface area contributed by atoms with E-state index in [-0.39, 0.29) is 75.9 Å². The molecule has 9 aromatic rings. The normalized spacial score (nSPS) is 15.2. The van der Waals surface area contributed by atoms with E-state index in [1.807, 2.05) is 38.1 Å². The van der Waals surface area contributed by atoms with Gasteiger partial charge in [0.25, 0.3) is 0 Å². The fraction of sp³-hybridized carbons (Fsp3) is 0.318. The Balaban J connectivity index is 0.000000196. The maximum absolute atomic E-state index is 13.8. The molecule has 6 N–H and O–H groups in total. The van der Waals surface area contributed by atoms with Gasteiger partial charge in [0.1, 0.15) is 5.82 Å². The van der Waals surface area contributed by atoms with E-state index in [0.29, 0.717) is 70.7 Å². The lowest BCUT2D eigenvalue weighted by Crippen LogP contribution is -2.38. The lowest BCUT2D eigenvalue weighted by Gasteiger charge is -2.37. The molecule has 30 heteroatoms. The zero-order valence-corrected chi connectivity index (χ0v) is 66.2. The number of aromatic carboxylic acids is 6. The third-order valence-electron chi connectivity index (χ3n) is 19.6. The Morgan fingerprint density at radius 3 is 0.975 bits per heavy atom. The van der Waals surface area contributed by atoms with Crippen molar-refractivity contribution in [1.29, 1.82) is 0 Å². The van der Waals surface area contributed by atoms with Gasteiger partial charge in [-0.1, -0.05) is 84.4 Å². The number of benzene rings is 9. The van der Waals surface area contributed by atoms with E-state index in [4.69, 9.17) is 61.2 Å². The third-order valence-corrected chi connectivity index (χ3v) is 19.9. The van der Waals surface area contributed by atoms with Crippen molar-refractivity contribution in [3.05, 3.63) is 265 Å². The SMILES string of the molecule is COCc1cc(C(=O)O)ccc1-c1ccccc1C(F)(F)F.COCc1cc(C(=O)O)ccc1-c1ccccc1Cl.COCc1cc(C(=O)O)ccc1-c1ccccc1F.COCc1cc(C(=O)O)ccc1N1CCCC1C.C[C@@H]1CCCCN1c1ccc(C(=O)O)cc1C(F)(F)F.C[C@H]1CCCCN1c1ccc(C(=O)O)cc1C(F)(F)F. The summed E-state index contributed by atoms with van der Waals surface area (Å²) >= 11 is 6.18. The first kappa shape index (κ1) is 93.8. The molecule has 0 saturated carbocycles. The van der Waals surface area contributed by atoms with Gasteiger partial charge in [-0.05, 0) is 220 Å². The molecule has 3 heterocycles. The van der Waals surface area contributed by atoms with Crippen LogP contribution in [-0.4, -0.2) is 133 Å². The number of hydrogen-bond acceptors (Lipinski definition) is 13. The summed E-state index contributed by atoms with van der Waals surface area (Å²) in [7, 11) is 6.11. The first-order chi connectivity index (χ1) is 55.8. The van der Waals surface area contributed by atoms with Gasteiger partial charge in [0.2, 0.25) is 0 Å². The van der Waals surface area contributed by atoms with Crippen LogP contribution in [0.15, 0.2) is 182 Å². The molecule has 12 rings (SSSR count). The second-order valence-corrected chi connectivity index (χ2v) is 28.2. The van der Waals surface area contributed by atoms with Gasteiger partial charge in [0.05, 0.1) is 76.5 Å². The van der Waals surface area contributed by atoms with Gasteiger partial charge in [-0.2, -0.15) is 39.5 Å². The molecular weight excluding hydrogens is 1580 g/mol. The van der Waals surface area contributed by atoms with Crippen LogP contribution in [0.2, 0.25) is 5.02 Å². The van der Waals surface area contributed by atoms with E-state index in [9.17, 15) is 72.7 Å². The number of carbonyl (C=O) groups is 6. The van der Waals surface area contributed by atoms with Crippen molar-refractivity contribution in [3.63, 3.8) is 0 Å². The summed E-state index contributed by atoms with van der Waals surface area (Å²) in [6, 6.07) is 44.8. The minimum absolute atomic E-state index is 0.000268. The predicted molar refractivity (Wildman–Crippen MR) is 427 cm³/mol. The van der Waals surface area contributed by atoms with Crippen LogP contribution in [0, 0.1) is 5.82 Å². The average Bonchev–Trinajstić information content (AvgIpc) is 1.01. The molecule has 630 valence electrons. The predicted octanol–water partition coefficient (Wildman–Crippen LogP) is 21.5. The van der Waals surface area contributed by atoms with Crippen molar-refractivity contribution in [2.24, 2.45) is 0 Å². The van der Waals surface area contributed by atoms with Crippen molar-refractivity contribution in [2.75, 3.05) is 62.8 Å². The number of methoxy groups -OCH3 is 4. The Morgan fingerprint density at radius 1 is 0.339 bits per heavy atom. The average molecular weight is 1670 g/mol. The Hall–Kier alpha value is -11.4. The minimum atomic E-state index is -4.56. The Bertz CT molecular complexity index is 4760. The van der Waals surface area contributed by atoms with Gasteiger partial charge in [-0.25, -0.2) is 33.2 Å². The lowest BCUT2D eigenvalue weighted by atomic mass is 9.94. The van der Waals surface area contributed by atoms with Crippen molar-refractivity contribution < 1.29 is 122 Å². The number of hydrogen-bond donors (Lipinski definition) is 6. The van der Waals surface area contributed by atoms with Crippen LogP contribution >= 0.6 is 11.6 Å². The Labute approximate surface area is 680 Å². The summed E-state index contributed by atoms with van der Waals surface area (Å²) in [5.74, 6) is -7.06. The molecule has 9 aromatic carbocycles. The third kappa shape index (κ3) is 25.6. The topological polar surface area (TPSA) is 270 Å². The first-order valence-corrected chi connectivity index (χ1v) is 37.5. The number of nitrogens with zero attached hydrogens (tertiary/aromatic N) is 3. The standard InChI is InChI=1S/C16H13F3O3.C15H13ClO3.C15H13FO3.2C14H16F3NO2.C14H19NO3/c1-22-9-11-8-10(15(20)21)6-7-12(11)13-4-2-3-5-14(13)16(17,18)19;2*1-19-9-11-8-10(15(17)18)6-7-12(11)13-4-2-3-5-14(13)16;2*1-9-4-2-3-7-18(9)12-6-5-10(13(19)20)8-11(12)14(15,16)17;1-10-4-3-7-15(10)13-6-5-11(14(16)17)8-12(13)9-18-2/h2-8H,9H2,1H3,(H,20,21);2*2-8H,9H2,1H3,(H,17,18);2*5-6,8-9H,2-4,7H2,1H3,(H,19,20);5-6,8,10H,3-4,7,9H2,1-2H3,(H,16,17)/t;;;2*9-;/m...10./s1. The van der Waals surface area contributed by atoms with E-state index in [1.165, 1.54) is 106 Å². The fourth-order valence-electron chi connectivity index (χ4n) is 13.9. The van der Waals surface area contributed by atoms with E-state index in [0.717, 1.165) is 91.2 Å². The molecule has 3 aliphatic heterocycles. The molecule has 3 fully saturated rings. The number of piperidine rings is 2. The number of alkyl halides is 9. The monoisotopic (exact) mass is 1670 g/mol. The number of anilines is 3. The van der Waals surface area contributed by atoms with Gasteiger partial charge in [0, 0.05) is 105 Å². The molecule has 3 aliphatic rings. The highest BCUT2D eigenvalue weighted by Gasteiger charge is 2.39. The summed E-state index contributed by atoms with van der Waals surface area (Å²) in [6.45, 7) is 9.18. The molecule has 118 heavy (non-hydrogen) atoms. The lowest BCUT2D eigenvalue weighted by molar-refractivity contribution is -0.138. The molecule has 0 aromatic heterocycles. The smallest absolute Gasteiger partial charge is 0.418 e. The highest BCUT2D eigenvalue weighted by atomic mass is 35.5. The maximum Gasteiger partial charge on any atom is 0.418 e. The van der Waals surface area contributed by atoms with Crippen molar-refractivity contribution in [2.45, 2.75) is 135 Å². The molecule has 0 bridgehead atoms. The number of halogens is 11. The Morgan fingerprint density at radius 2 is 0.627 bits per heavy atom. The molecule has 0 radical (unpaired) electrons.